The number of nitrogens with zero attached hydrogens (tertiary/aromatic N) is 2. The van der Waals surface area contributed by atoms with Gasteiger partial charge in [0.25, 0.3) is 0 Å². The summed E-state index contributed by atoms with van der Waals surface area (Å²) in [5.41, 5.74) is 5.16. The van der Waals surface area contributed by atoms with Gasteiger partial charge in [-0.2, -0.15) is 0 Å². The summed E-state index contributed by atoms with van der Waals surface area (Å²) in [4.78, 5) is 36.1. The Morgan fingerprint density at radius 3 is 0.816 bits per heavy atom. The van der Waals surface area contributed by atoms with Gasteiger partial charge in [0.05, 0.1) is 22.8 Å². The molecular formula is C34H44N2O2. The highest BCUT2D eigenvalue weighted by molar-refractivity contribution is 6.24. The summed E-state index contributed by atoms with van der Waals surface area (Å²) >= 11 is 0. The van der Waals surface area contributed by atoms with Gasteiger partial charge in [0.15, 0.2) is 11.6 Å². The van der Waals surface area contributed by atoms with E-state index in [0.29, 0.717) is 0 Å². The molecule has 4 heteroatoms. The zero-order chi connectivity index (χ0) is 28.8. The Morgan fingerprint density at radius 1 is 0.421 bits per heavy atom. The summed E-state index contributed by atoms with van der Waals surface area (Å²) in [6.07, 6.45) is 7.68. The van der Waals surface area contributed by atoms with Crippen molar-refractivity contribution in [1.29, 1.82) is 0 Å². The van der Waals surface area contributed by atoms with Crippen molar-refractivity contribution in [3.05, 3.63) is 70.9 Å². The second-order valence-electron chi connectivity index (χ2n) is 14.5. The van der Waals surface area contributed by atoms with Crippen LogP contribution in [0.25, 0.3) is 0 Å². The fourth-order valence-electron chi connectivity index (χ4n) is 4.48. The molecule has 0 aliphatic heterocycles. The van der Waals surface area contributed by atoms with Crippen molar-refractivity contribution in [2.75, 3.05) is 0 Å². The lowest BCUT2D eigenvalue weighted by atomic mass is 9.72. The third-order valence-electron chi connectivity index (χ3n) is 6.75. The van der Waals surface area contributed by atoms with Crippen LogP contribution in [0.15, 0.2) is 80.8 Å². The van der Waals surface area contributed by atoms with Crippen molar-refractivity contribution < 1.29 is 9.59 Å². The van der Waals surface area contributed by atoms with E-state index in [1.807, 2.05) is 48.6 Å². The average Bonchev–Trinajstić information content (AvgIpc) is 2.74. The second kappa shape index (κ2) is 9.87. The van der Waals surface area contributed by atoms with Crippen LogP contribution in [0.3, 0.4) is 0 Å². The van der Waals surface area contributed by atoms with Crippen LogP contribution >= 0.6 is 0 Å². The van der Waals surface area contributed by atoms with E-state index < -0.39 is 0 Å². The van der Waals surface area contributed by atoms with Gasteiger partial charge >= 0.3 is 0 Å². The van der Waals surface area contributed by atoms with Crippen LogP contribution in [-0.4, -0.2) is 23.0 Å². The first-order valence-corrected chi connectivity index (χ1v) is 13.4. The highest BCUT2D eigenvalue weighted by Crippen LogP contribution is 2.39. The van der Waals surface area contributed by atoms with Crippen LogP contribution in [0.1, 0.15) is 83.1 Å². The standard InChI is InChI=1S/C34H44N2O2/c1-31(2,3)25-17-23(18-26(29(25)37)32(4,5)6)35-21-13-15-22(16-14-21)36-24-19-27(33(7,8)9)30(38)28(20-24)34(10,11)12/h13-20H,1-12H3. The maximum absolute atomic E-state index is 13.2. The smallest absolute Gasteiger partial charge is 0.186 e. The number of carbonyl (C=O) groups excluding carboxylic acids is 2. The van der Waals surface area contributed by atoms with E-state index in [0.717, 1.165) is 45.1 Å². The lowest BCUT2D eigenvalue weighted by Crippen LogP contribution is -2.29. The molecule has 2 aliphatic rings. The second-order valence-corrected chi connectivity index (χ2v) is 14.5. The molecule has 1 aromatic carbocycles. The predicted octanol–water partition coefficient (Wildman–Crippen LogP) is 8.89. The number of benzene rings is 1. The van der Waals surface area contributed by atoms with E-state index in [-0.39, 0.29) is 33.2 Å². The van der Waals surface area contributed by atoms with Crippen molar-refractivity contribution >= 4 is 34.4 Å². The Morgan fingerprint density at radius 2 is 0.632 bits per heavy atom. The zero-order valence-corrected chi connectivity index (χ0v) is 25.3. The minimum Gasteiger partial charge on any atom is -0.289 e. The monoisotopic (exact) mass is 512 g/mol. The van der Waals surface area contributed by atoms with Crippen molar-refractivity contribution in [3.8, 4) is 0 Å². The number of aliphatic imine (C=N–C) groups is 2. The van der Waals surface area contributed by atoms with Gasteiger partial charge in [-0.1, -0.05) is 83.1 Å². The Kier molecular flexibility index (Phi) is 7.64. The third-order valence-corrected chi connectivity index (χ3v) is 6.75. The van der Waals surface area contributed by atoms with Crippen molar-refractivity contribution in [3.63, 3.8) is 0 Å². The van der Waals surface area contributed by atoms with E-state index in [2.05, 4.69) is 83.1 Å². The molecule has 0 radical (unpaired) electrons. The molecule has 2 aliphatic carbocycles. The predicted molar refractivity (Wildman–Crippen MR) is 161 cm³/mol. The number of hydrogen-bond donors (Lipinski definition) is 0. The number of Topliss-reactive ketones (excluding diaryl/α,β-unsaturated/α-hetero) is 2. The third kappa shape index (κ3) is 6.64. The van der Waals surface area contributed by atoms with Gasteiger partial charge in [-0.15, -0.1) is 0 Å². The molecule has 0 saturated heterocycles. The molecule has 0 saturated carbocycles. The molecule has 0 bridgehead atoms. The SMILES string of the molecule is CC(C)(C)C1=CC(=Nc2ccc(N=C3C=C(C(C)(C)C)C(=O)C(C(C)(C)C)=C3)cc2)C=C(C(C)(C)C)C1=O. The van der Waals surface area contributed by atoms with E-state index in [4.69, 9.17) is 9.98 Å². The zero-order valence-electron chi connectivity index (χ0n) is 25.3. The Labute approximate surface area is 229 Å². The molecule has 1 aromatic rings. The first kappa shape index (κ1) is 29.4. The van der Waals surface area contributed by atoms with Crippen LogP contribution in [-0.2, 0) is 9.59 Å². The summed E-state index contributed by atoms with van der Waals surface area (Å²) in [5, 5.41) is 0. The molecule has 0 aromatic heterocycles. The first-order valence-electron chi connectivity index (χ1n) is 13.4. The fraction of sp³-hybridized carbons (Fsp3) is 0.471. The average molecular weight is 513 g/mol. The number of ketones is 2. The van der Waals surface area contributed by atoms with Gasteiger partial charge in [0, 0.05) is 22.3 Å². The summed E-state index contributed by atoms with van der Waals surface area (Å²) in [5.74, 6) is 0.206. The van der Waals surface area contributed by atoms with Gasteiger partial charge in [-0.05, 0) is 70.2 Å². The van der Waals surface area contributed by atoms with Gasteiger partial charge in [0.2, 0.25) is 0 Å². The van der Waals surface area contributed by atoms with E-state index in [1.165, 1.54) is 0 Å². The molecule has 0 N–H and O–H groups in total. The molecule has 3 rings (SSSR count). The maximum Gasteiger partial charge on any atom is 0.186 e. The molecule has 202 valence electrons. The highest BCUT2D eigenvalue weighted by atomic mass is 16.1. The summed E-state index contributed by atoms with van der Waals surface area (Å²) in [6.45, 7) is 24.7. The lowest BCUT2D eigenvalue weighted by Gasteiger charge is -2.31. The number of allylic oxidation sites excluding steroid dienone is 8. The Hall–Kier alpha value is -3.14. The first-order chi connectivity index (χ1) is 17.2. The van der Waals surface area contributed by atoms with E-state index >= 15 is 0 Å². The minimum atomic E-state index is -0.275. The molecular weight excluding hydrogens is 468 g/mol. The molecule has 0 amide bonds. The molecule has 0 spiro atoms. The van der Waals surface area contributed by atoms with Crippen molar-refractivity contribution in [1.82, 2.24) is 0 Å². The van der Waals surface area contributed by atoms with Crippen LogP contribution in [0.5, 0.6) is 0 Å². The Balaban J connectivity index is 2.02. The van der Waals surface area contributed by atoms with Crippen molar-refractivity contribution in [2.24, 2.45) is 31.6 Å². The topological polar surface area (TPSA) is 58.9 Å². The summed E-state index contributed by atoms with van der Waals surface area (Å²) in [6, 6.07) is 7.76. The van der Waals surface area contributed by atoms with Crippen LogP contribution in [0.2, 0.25) is 0 Å². The number of rotatable bonds is 2. The molecule has 0 atom stereocenters. The number of carbonyl (C=O) groups is 2. The lowest BCUT2D eigenvalue weighted by molar-refractivity contribution is -0.114. The van der Waals surface area contributed by atoms with Crippen LogP contribution < -0.4 is 0 Å². The normalized spacial score (nSPS) is 17.6. The van der Waals surface area contributed by atoms with Gasteiger partial charge in [-0.25, -0.2) is 9.98 Å². The maximum atomic E-state index is 13.2. The van der Waals surface area contributed by atoms with Gasteiger partial charge in [0.1, 0.15) is 0 Å². The largest absolute Gasteiger partial charge is 0.289 e. The highest BCUT2D eigenvalue weighted by Gasteiger charge is 2.35. The molecule has 38 heavy (non-hydrogen) atoms. The number of hydrogen-bond acceptors (Lipinski definition) is 4. The van der Waals surface area contributed by atoms with Gasteiger partial charge < -0.3 is 0 Å². The summed E-state index contributed by atoms with van der Waals surface area (Å²) < 4.78 is 0. The van der Waals surface area contributed by atoms with Crippen LogP contribution in [0, 0.1) is 21.7 Å². The molecule has 0 unspecified atom stereocenters. The Bertz CT molecular complexity index is 1150. The van der Waals surface area contributed by atoms with Gasteiger partial charge in [-0.3, -0.25) is 9.59 Å². The minimum absolute atomic E-state index is 0.103. The van der Waals surface area contributed by atoms with E-state index in [9.17, 15) is 9.59 Å². The fourth-order valence-corrected chi connectivity index (χ4v) is 4.48. The molecule has 0 heterocycles. The summed E-state index contributed by atoms with van der Waals surface area (Å²) in [7, 11) is 0. The van der Waals surface area contributed by atoms with Crippen LogP contribution in [0.4, 0.5) is 11.4 Å². The van der Waals surface area contributed by atoms with E-state index in [1.54, 1.807) is 0 Å². The van der Waals surface area contributed by atoms with Crippen molar-refractivity contribution in [2.45, 2.75) is 83.1 Å². The molecule has 4 nitrogen and oxygen atoms in total. The molecule has 0 fully saturated rings. The quantitative estimate of drug-likeness (QED) is 0.371.